The van der Waals surface area contributed by atoms with Crippen molar-refractivity contribution in [2.24, 2.45) is 7.05 Å². The van der Waals surface area contributed by atoms with Crippen LogP contribution in [-0.4, -0.2) is 20.8 Å². The highest BCUT2D eigenvalue weighted by Gasteiger charge is 2.11. The van der Waals surface area contributed by atoms with Crippen LogP contribution in [0, 0.1) is 6.92 Å². The monoisotopic (exact) mass is 234 g/mol. The van der Waals surface area contributed by atoms with Crippen LogP contribution in [0.3, 0.4) is 0 Å². The maximum atomic E-state index is 5.69. The molecule has 2 rings (SSSR count). The molecule has 2 aromatic heterocycles. The maximum absolute atomic E-state index is 5.69. The van der Waals surface area contributed by atoms with E-state index in [1.165, 1.54) is 0 Å². The van der Waals surface area contributed by atoms with Crippen molar-refractivity contribution in [3.05, 3.63) is 24.0 Å². The zero-order chi connectivity index (χ0) is 12.4. The van der Waals surface area contributed by atoms with Crippen LogP contribution in [0.4, 0.5) is 0 Å². The Bertz CT molecular complexity index is 498. The van der Waals surface area contributed by atoms with Gasteiger partial charge in [-0.15, -0.1) is 0 Å². The Kier molecular flexibility index (Phi) is 3.28. The van der Waals surface area contributed by atoms with Crippen LogP contribution in [0.25, 0.3) is 11.3 Å². The summed E-state index contributed by atoms with van der Waals surface area (Å²) in [6.07, 6.45) is 3.69. The van der Waals surface area contributed by atoms with E-state index in [9.17, 15) is 0 Å². The van der Waals surface area contributed by atoms with Gasteiger partial charge in [0.25, 0.3) is 0 Å². The number of rotatable bonds is 4. The van der Waals surface area contributed by atoms with E-state index in [0.717, 1.165) is 17.0 Å². The van der Waals surface area contributed by atoms with Crippen molar-refractivity contribution in [2.75, 3.05) is 0 Å². The second kappa shape index (κ2) is 4.71. The third-order valence-electron chi connectivity index (χ3n) is 2.49. The van der Waals surface area contributed by atoms with Crippen LogP contribution in [0.2, 0.25) is 0 Å². The Hall–Kier alpha value is -1.62. The lowest BCUT2D eigenvalue weighted by Crippen LogP contribution is -2.21. The molecule has 0 aliphatic carbocycles. The standard InChI is InChI=1S/C12H18N4O/c1-8(2)13-6-12-14-5-11(17-12)10-7-16(4)15-9(10)3/h5,7-8,13H,6H2,1-4H3. The molecule has 0 bridgehead atoms. The summed E-state index contributed by atoms with van der Waals surface area (Å²) >= 11 is 0. The molecule has 0 saturated heterocycles. The van der Waals surface area contributed by atoms with Gasteiger partial charge in [0.1, 0.15) is 0 Å². The first kappa shape index (κ1) is 11.9. The maximum Gasteiger partial charge on any atom is 0.208 e. The second-order valence-electron chi connectivity index (χ2n) is 4.46. The summed E-state index contributed by atoms with van der Waals surface area (Å²) in [6.45, 7) is 6.80. The summed E-state index contributed by atoms with van der Waals surface area (Å²) in [5.74, 6) is 1.48. The van der Waals surface area contributed by atoms with E-state index in [1.807, 2.05) is 20.2 Å². The lowest BCUT2D eigenvalue weighted by atomic mass is 10.2. The molecule has 5 heteroatoms. The molecule has 0 atom stereocenters. The molecule has 0 radical (unpaired) electrons. The fraction of sp³-hybridized carbons (Fsp3) is 0.500. The molecule has 0 fully saturated rings. The van der Waals surface area contributed by atoms with Crippen LogP contribution >= 0.6 is 0 Å². The Balaban J connectivity index is 2.15. The molecule has 17 heavy (non-hydrogen) atoms. The van der Waals surface area contributed by atoms with Crippen LogP contribution in [0.1, 0.15) is 25.4 Å². The van der Waals surface area contributed by atoms with Crippen LogP contribution in [0.5, 0.6) is 0 Å². The summed E-state index contributed by atoms with van der Waals surface area (Å²) in [5, 5.41) is 7.55. The van der Waals surface area contributed by atoms with Crippen LogP contribution in [0.15, 0.2) is 16.8 Å². The Morgan fingerprint density at radius 3 is 2.82 bits per heavy atom. The highest BCUT2D eigenvalue weighted by molar-refractivity contribution is 5.58. The van der Waals surface area contributed by atoms with Crippen molar-refractivity contribution >= 4 is 0 Å². The van der Waals surface area contributed by atoms with Crippen molar-refractivity contribution in [2.45, 2.75) is 33.4 Å². The minimum atomic E-state index is 0.422. The first-order chi connectivity index (χ1) is 8.06. The van der Waals surface area contributed by atoms with E-state index in [0.29, 0.717) is 18.5 Å². The molecule has 0 aliphatic heterocycles. The third kappa shape index (κ3) is 2.74. The third-order valence-corrected chi connectivity index (χ3v) is 2.49. The van der Waals surface area contributed by atoms with Gasteiger partial charge < -0.3 is 9.73 Å². The molecule has 0 saturated carbocycles. The highest BCUT2D eigenvalue weighted by Crippen LogP contribution is 2.22. The number of nitrogens with one attached hydrogen (secondary N) is 1. The van der Waals surface area contributed by atoms with Gasteiger partial charge in [-0.2, -0.15) is 5.10 Å². The molecule has 5 nitrogen and oxygen atoms in total. The summed E-state index contributed by atoms with van der Waals surface area (Å²) in [7, 11) is 1.90. The van der Waals surface area contributed by atoms with Gasteiger partial charge in [0, 0.05) is 19.3 Å². The van der Waals surface area contributed by atoms with Crippen molar-refractivity contribution in [1.29, 1.82) is 0 Å². The first-order valence-electron chi connectivity index (χ1n) is 5.75. The molecule has 0 aliphatic rings. The van der Waals surface area contributed by atoms with Crippen LogP contribution < -0.4 is 5.32 Å². The van der Waals surface area contributed by atoms with Crippen molar-refractivity contribution < 1.29 is 4.42 Å². The Labute approximate surface area is 101 Å². The van der Waals surface area contributed by atoms with Gasteiger partial charge in [-0.3, -0.25) is 4.68 Å². The summed E-state index contributed by atoms with van der Waals surface area (Å²) in [4.78, 5) is 4.25. The van der Waals surface area contributed by atoms with E-state index in [1.54, 1.807) is 10.9 Å². The average molecular weight is 234 g/mol. The molecular weight excluding hydrogens is 216 g/mol. The molecule has 2 aromatic rings. The predicted octanol–water partition coefficient (Wildman–Crippen LogP) is 1.88. The Morgan fingerprint density at radius 2 is 2.24 bits per heavy atom. The molecule has 0 aromatic carbocycles. The van der Waals surface area contributed by atoms with E-state index >= 15 is 0 Å². The van der Waals surface area contributed by atoms with Crippen molar-refractivity contribution in [1.82, 2.24) is 20.1 Å². The Morgan fingerprint density at radius 1 is 1.47 bits per heavy atom. The summed E-state index contributed by atoms with van der Waals surface area (Å²) in [5.41, 5.74) is 1.95. The lowest BCUT2D eigenvalue weighted by molar-refractivity contribution is 0.459. The minimum absolute atomic E-state index is 0.422. The van der Waals surface area contributed by atoms with Crippen molar-refractivity contribution in [3.63, 3.8) is 0 Å². The van der Waals surface area contributed by atoms with Crippen molar-refractivity contribution in [3.8, 4) is 11.3 Å². The number of nitrogens with zero attached hydrogens (tertiary/aromatic N) is 3. The highest BCUT2D eigenvalue weighted by atomic mass is 16.4. The zero-order valence-electron chi connectivity index (χ0n) is 10.7. The molecule has 0 unspecified atom stereocenters. The van der Waals surface area contributed by atoms with E-state index in [2.05, 4.69) is 29.2 Å². The minimum Gasteiger partial charge on any atom is -0.439 e. The van der Waals surface area contributed by atoms with Gasteiger partial charge in [-0.25, -0.2) is 4.98 Å². The first-order valence-corrected chi connectivity index (χ1v) is 5.75. The molecule has 1 N–H and O–H groups in total. The van der Waals surface area contributed by atoms with Gasteiger partial charge in [0.2, 0.25) is 5.89 Å². The number of hydrogen-bond acceptors (Lipinski definition) is 4. The molecule has 92 valence electrons. The van der Waals surface area contributed by atoms with Gasteiger partial charge in [0.05, 0.1) is 24.0 Å². The summed E-state index contributed by atoms with van der Waals surface area (Å²) < 4.78 is 7.46. The van der Waals surface area contributed by atoms with Crippen LogP contribution in [-0.2, 0) is 13.6 Å². The largest absolute Gasteiger partial charge is 0.439 e. The molecule has 0 amide bonds. The molecular formula is C12H18N4O. The topological polar surface area (TPSA) is 55.9 Å². The van der Waals surface area contributed by atoms with E-state index in [4.69, 9.17) is 4.42 Å². The molecule has 2 heterocycles. The number of hydrogen-bond donors (Lipinski definition) is 1. The fourth-order valence-corrected chi connectivity index (χ4v) is 1.65. The van der Waals surface area contributed by atoms with Gasteiger partial charge in [-0.1, -0.05) is 13.8 Å². The van der Waals surface area contributed by atoms with E-state index in [-0.39, 0.29) is 0 Å². The second-order valence-corrected chi connectivity index (χ2v) is 4.46. The van der Waals surface area contributed by atoms with Gasteiger partial charge in [0.15, 0.2) is 5.76 Å². The quantitative estimate of drug-likeness (QED) is 0.877. The fourth-order valence-electron chi connectivity index (χ4n) is 1.65. The number of oxazole rings is 1. The average Bonchev–Trinajstić information content (AvgIpc) is 2.82. The normalized spacial score (nSPS) is 11.4. The van der Waals surface area contributed by atoms with Gasteiger partial charge in [-0.05, 0) is 6.92 Å². The molecule has 0 spiro atoms. The zero-order valence-corrected chi connectivity index (χ0v) is 10.7. The number of aryl methyl sites for hydroxylation is 2. The smallest absolute Gasteiger partial charge is 0.208 e. The predicted molar refractivity (Wildman–Crippen MR) is 65.4 cm³/mol. The SMILES string of the molecule is Cc1nn(C)cc1-c1cnc(CNC(C)C)o1. The van der Waals surface area contributed by atoms with E-state index < -0.39 is 0 Å². The van der Waals surface area contributed by atoms with Gasteiger partial charge >= 0.3 is 0 Å². The number of aromatic nitrogens is 3. The summed E-state index contributed by atoms with van der Waals surface area (Å²) in [6, 6.07) is 0.422. The lowest BCUT2D eigenvalue weighted by Gasteiger charge is -2.03.